The summed E-state index contributed by atoms with van der Waals surface area (Å²) in [5, 5.41) is 0. The zero-order chi connectivity index (χ0) is 4.28. The molecule has 0 aliphatic carbocycles. The van der Waals surface area contributed by atoms with Crippen molar-refractivity contribution in [3.8, 4) is 0 Å². The van der Waals surface area contributed by atoms with Gasteiger partial charge in [-0.3, -0.25) is 0 Å². The van der Waals surface area contributed by atoms with Crippen molar-refractivity contribution in [3.05, 3.63) is 0 Å². The molecular formula is C2H4MoOS2. The van der Waals surface area contributed by atoms with Gasteiger partial charge in [0.15, 0.2) is 0 Å². The van der Waals surface area contributed by atoms with Crippen molar-refractivity contribution >= 4 is 29.2 Å². The zero-order valence-corrected chi connectivity index (χ0v) is 6.89. The van der Waals surface area contributed by atoms with Crippen LogP contribution in [0.1, 0.15) is 0 Å². The second-order valence-corrected chi connectivity index (χ2v) is 1.55. The first kappa shape index (κ1) is 10.0. The molecule has 0 saturated heterocycles. The number of rotatable bonds is 0. The predicted octanol–water partition coefficient (Wildman–Crippen LogP) is 0.845. The average Bonchev–Trinajstić information content (AvgIpc) is 1.38. The third kappa shape index (κ3) is 8.87. The monoisotopic (exact) mass is 206 g/mol. The Labute approximate surface area is 62.1 Å². The summed E-state index contributed by atoms with van der Waals surface area (Å²) in [5.41, 5.74) is 0. The first-order valence-corrected chi connectivity index (χ1v) is 1.90. The van der Waals surface area contributed by atoms with E-state index in [-0.39, 0.29) is 25.4 Å². The van der Waals surface area contributed by atoms with Crippen LogP contribution >= 0.6 is 24.8 Å². The molecule has 0 aromatic carbocycles. The molecule has 0 fully saturated rings. The molecule has 0 atom stereocenters. The molecule has 4 heteroatoms. The van der Waals surface area contributed by atoms with E-state index in [1.54, 1.807) is 0 Å². The molecule has 0 aliphatic heterocycles. The molecule has 0 unspecified atom stereocenters. The number of hydrogen-bond acceptors (Lipinski definition) is 2. The van der Waals surface area contributed by atoms with E-state index >= 15 is 0 Å². The number of hydrogen-bond donors (Lipinski definition) is 1. The van der Waals surface area contributed by atoms with Gasteiger partial charge < -0.3 is 4.74 Å². The molecule has 0 spiro atoms. The summed E-state index contributed by atoms with van der Waals surface area (Å²) < 4.78 is 4.63. The van der Waals surface area contributed by atoms with Crippen LogP contribution in [0.4, 0.5) is 0 Å². The van der Waals surface area contributed by atoms with E-state index < -0.39 is 0 Å². The number of methoxy groups -OCH3 is 1. The van der Waals surface area contributed by atoms with Gasteiger partial charge in [0.1, 0.15) is 0 Å². The maximum Gasteiger partial charge on any atom is 0.216 e. The minimum atomic E-state index is 0. The minimum Gasteiger partial charge on any atom is -0.482 e. The SMILES string of the molecule is COC(=S)S.[Mo]. The van der Waals surface area contributed by atoms with Gasteiger partial charge in [0.2, 0.25) is 4.38 Å². The van der Waals surface area contributed by atoms with Crippen LogP contribution in [-0.2, 0) is 25.8 Å². The fourth-order valence-electron chi connectivity index (χ4n) is 0. The second kappa shape index (κ2) is 5.93. The van der Waals surface area contributed by atoms with Gasteiger partial charge in [0, 0.05) is 21.1 Å². The maximum atomic E-state index is 4.35. The molecule has 0 aromatic rings. The van der Waals surface area contributed by atoms with Crippen molar-refractivity contribution in [2.75, 3.05) is 7.11 Å². The normalized spacial score (nSPS) is 5.67. The zero-order valence-electron chi connectivity index (χ0n) is 3.17. The van der Waals surface area contributed by atoms with Gasteiger partial charge in [0.25, 0.3) is 0 Å². The van der Waals surface area contributed by atoms with Gasteiger partial charge >= 0.3 is 0 Å². The molecule has 0 radical (unpaired) electrons. The van der Waals surface area contributed by atoms with Crippen molar-refractivity contribution in [1.29, 1.82) is 0 Å². The number of thiocarbonyl (C=S) groups is 1. The van der Waals surface area contributed by atoms with Crippen LogP contribution in [0.3, 0.4) is 0 Å². The molecule has 0 bridgehead atoms. The summed E-state index contributed by atoms with van der Waals surface area (Å²) >= 11 is 7.95. The van der Waals surface area contributed by atoms with Crippen molar-refractivity contribution in [2.45, 2.75) is 0 Å². The summed E-state index contributed by atoms with van der Waals surface area (Å²) in [7, 11) is 1.48. The topological polar surface area (TPSA) is 9.23 Å². The van der Waals surface area contributed by atoms with Crippen LogP contribution in [0.2, 0.25) is 0 Å². The van der Waals surface area contributed by atoms with E-state index in [1.807, 2.05) is 0 Å². The van der Waals surface area contributed by atoms with Crippen LogP contribution in [0.5, 0.6) is 0 Å². The fraction of sp³-hybridized carbons (Fsp3) is 0.500. The first-order valence-electron chi connectivity index (χ1n) is 1.04. The van der Waals surface area contributed by atoms with Gasteiger partial charge in [-0.2, -0.15) is 0 Å². The molecule has 0 N–H and O–H groups in total. The van der Waals surface area contributed by atoms with Crippen LogP contribution in [-0.4, -0.2) is 11.5 Å². The van der Waals surface area contributed by atoms with E-state index in [0.29, 0.717) is 0 Å². The van der Waals surface area contributed by atoms with E-state index in [2.05, 4.69) is 29.6 Å². The molecular weight excluding hydrogens is 200 g/mol. The standard InChI is InChI=1S/C2H4OS2.Mo/c1-3-2(4)5;/h1H3,(H,4,5);. The second-order valence-electron chi connectivity index (χ2n) is 0.470. The van der Waals surface area contributed by atoms with Crippen molar-refractivity contribution < 1.29 is 25.8 Å². The summed E-state index contributed by atoms with van der Waals surface area (Å²) in [4.78, 5) is 0. The Balaban J connectivity index is 0. The average molecular weight is 204 g/mol. The van der Waals surface area contributed by atoms with Crippen molar-refractivity contribution in [3.63, 3.8) is 0 Å². The van der Waals surface area contributed by atoms with Crippen LogP contribution in [0.25, 0.3) is 0 Å². The van der Waals surface area contributed by atoms with E-state index in [9.17, 15) is 0 Å². The Morgan fingerprint density at radius 1 is 1.83 bits per heavy atom. The van der Waals surface area contributed by atoms with Crippen LogP contribution < -0.4 is 0 Å². The van der Waals surface area contributed by atoms with Crippen molar-refractivity contribution in [1.82, 2.24) is 0 Å². The Bertz CT molecular complexity index is 46.8. The summed E-state index contributed by atoms with van der Waals surface area (Å²) in [6, 6.07) is 0. The van der Waals surface area contributed by atoms with Gasteiger partial charge in [-0.15, -0.1) is 0 Å². The molecule has 1 nitrogen and oxygen atoms in total. The molecule has 36 valence electrons. The minimum absolute atomic E-state index is 0. The Kier molecular flexibility index (Phi) is 9.91. The number of thiol groups is 1. The molecule has 0 rings (SSSR count). The molecule has 6 heavy (non-hydrogen) atoms. The quantitative estimate of drug-likeness (QED) is 0.356. The summed E-state index contributed by atoms with van der Waals surface area (Å²) in [6.45, 7) is 0. The maximum absolute atomic E-state index is 4.35. The van der Waals surface area contributed by atoms with E-state index in [0.717, 1.165) is 0 Å². The third-order valence-corrected chi connectivity index (χ3v) is 0.524. The van der Waals surface area contributed by atoms with Gasteiger partial charge in [0.05, 0.1) is 7.11 Å². The largest absolute Gasteiger partial charge is 0.482 e. The van der Waals surface area contributed by atoms with Crippen LogP contribution in [0, 0.1) is 0 Å². The predicted molar refractivity (Wildman–Crippen MR) is 28.6 cm³/mol. The number of ether oxygens (including phenoxy) is 1. The van der Waals surface area contributed by atoms with Gasteiger partial charge in [-0.1, -0.05) is 12.6 Å². The molecule has 0 amide bonds. The smallest absolute Gasteiger partial charge is 0.216 e. The molecule has 0 heterocycles. The Morgan fingerprint density at radius 3 is 2.00 bits per heavy atom. The fourth-order valence-corrected chi connectivity index (χ4v) is 0. The summed E-state index contributed by atoms with van der Waals surface area (Å²) in [6.07, 6.45) is 0. The Morgan fingerprint density at radius 2 is 2.00 bits per heavy atom. The third-order valence-electron chi connectivity index (χ3n) is 0.175. The van der Waals surface area contributed by atoms with E-state index in [1.165, 1.54) is 7.11 Å². The van der Waals surface area contributed by atoms with Gasteiger partial charge in [-0.25, -0.2) is 0 Å². The van der Waals surface area contributed by atoms with Gasteiger partial charge in [-0.05, 0) is 12.2 Å². The summed E-state index contributed by atoms with van der Waals surface area (Å²) in [5.74, 6) is 0. The van der Waals surface area contributed by atoms with Crippen LogP contribution in [0.15, 0.2) is 0 Å². The first-order chi connectivity index (χ1) is 2.27. The molecule has 0 saturated carbocycles. The van der Waals surface area contributed by atoms with Crippen molar-refractivity contribution in [2.24, 2.45) is 0 Å². The molecule has 0 aromatic heterocycles. The van der Waals surface area contributed by atoms with E-state index in [4.69, 9.17) is 0 Å². The molecule has 0 aliphatic rings. The Hall–Kier alpha value is 0.928.